The van der Waals surface area contributed by atoms with Crippen LogP contribution in [0.4, 0.5) is 15.8 Å². The zero-order chi connectivity index (χ0) is 13.1. The van der Waals surface area contributed by atoms with Gasteiger partial charge in [-0.1, -0.05) is 29.8 Å². The predicted octanol–water partition coefficient (Wildman–Crippen LogP) is 3.89. The Bertz CT molecular complexity index is 535. The van der Waals surface area contributed by atoms with Gasteiger partial charge in [0.05, 0.1) is 11.4 Å². The summed E-state index contributed by atoms with van der Waals surface area (Å²) in [6.07, 6.45) is 0. The van der Waals surface area contributed by atoms with Gasteiger partial charge in [0.25, 0.3) is 0 Å². The molecule has 0 aromatic heterocycles. The fourth-order valence-electron chi connectivity index (χ4n) is 1.83. The highest BCUT2D eigenvalue weighted by atomic mass is 19.1. The molecule has 2 aromatic rings. The van der Waals surface area contributed by atoms with E-state index in [1.807, 2.05) is 13.8 Å². The van der Waals surface area contributed by atoms with Gasteiger partial charge in [0.15, 0.2) is 0 Å². The number of anilines is 2. The maximum absolute atomic E-state index is 13.2. The lowest BCUT2D eigenvalue weighted by Crippen LogP contribution is -2.08. The van der Waals surface area contributed by atoms with E-state index < -0.39 is 0 Å². The summed E-state index contributed by atoms with van der Waals surface area (Å²) in [5.41, 5.74) is 9.35. The number of benzene rings is 2. The second-order valence-corrected chi connectivity index (χ2v) is 4.51. The van der Waals surface area contributed by atoms with Gasteiger partial charge in [-0.3, -0.25) is 0 Å². The standard InChI is InChI=1S/C15H17FN2/c1-10-3-5-12(6-4-10)11(2)18-15-9-13(16)7-8-14(15)17/h3-9,11,18H,17H2,1-2H3. The van der Waals surface area contributed by atoms with Crippen LogP contribution in [0.25, 0.3) is 0 Å². The molecule has 0 heterocycles. The van der Waals surface area contributed by atoms with Crippen molar-refractivity contribution >= 4 is 11.4 Å². The van der Waals surface area contributed by atoms with E-state index in [-0.39, 0.29) is 11.9 Å². The summed E-state index contributed by atoms with van der Waals surface area (Å²) in [5.74, 6) is -0.289. The molecule has 94 valence electrons. The van der Waals surface area contributed by atoms with Crippen molar-refractivity contribution in [1.82, 2.24) is 0 Å². The van der Waals surface area contributed by atoms with E-state index in [0.717, 1.165) is 5.56 Å². The summed E-state index contributed by atoms with van der Waals surface area (Å²) in [6, 6.07) is 12.7. The Morgan fingerprint density at radius 2 is 1.78 bits per heavy atom. The Balaban J connectivity index is 2.18. The molecule has 0 aliphatic rings. The van der Waals surface area contributed by atoms with E-state index >= 15 is 0 Å². The number of halogens is 1. The van der Waals surface area contributed by atoms with Crippen LogP contribution in [0, 0.1) is 12.7 Å². The number of aryl methyl sites for hydroxylation is 1. The maximum Gasteiger partial charge on any atom is 0.125 e. The van der Waals surface area contributed by atoms with Crippen LogP contribution in [-0.2, 0) is 0 Å². The second-order valence-electron chi connectivity index (χ2n) is 4.51. The third-order valence-corrected chi connectivity index (χ3v) is 2.96. The number of hydrogen-bond acceptors (Lipinski definition) is 2. The lowest BCUT2D eigenvalue weighted by molar-refractivity contribution is 0.628. The van der Waals surface area contributed by atoms with Crippen LogP contribution >= 0.6 is 0 Å². The Kier molecular flexibility index (Phi) is 3.51. The molecule has 0 saturated carbocycles. The fourth-order valence-corrected chi connectivity index (χ4v) is 1.83. The molecule has 0 aliphatic carbocycles. The smallest absolute Gasteiger partial charge is 0.125 e. The summed E-state index contributed by atoms with van der Waals surface area (Å²) in [7, 11) is 0. The van der Waals surface area contributed by atoms with E-state index in [2.05, 4.69) is 29.6 Å². The van der Waals surface area contributed by atoms with Crippen molar-refractivity contribution in [3.63, 3.8) is 0 Å². The lowest BCUT2D eigenvalue weighted by Gasteiger charge is -2.17. The highest BCUT2D eigenvalue weighted by molar-refractivity contribution is 5.66. The summed E-state index contributed by atoms with van der Waals surface area (Å²) in [5, 5.41) is 3.22. The highest BCUT2D eigenvalue weighted by Gasteiger charge is 2.07. The van der Waals surface area contributed by atoms with Crippen LogP contribution in [0.2, 0.25) is 0 Å². The van der Waals surface area contributed by atoms with Crippen molar-refractivity contribution in [2.75, 3.05) is 11.1 Å². The number of rotatable bonds is 3. The molecule has 1 unspecified atom stereocenters. The number of nitrogens with one attached hydrogen (secondary N) is 1. The van der Waals surface area contributed by atoms with Crippen molar-refractivity contribution in [1.29, 1.82) is 0 Å². The Morgan fingerprint density at radius 1 is 1.11 bits per heavy atom. The lowest BCUT2D eigenvalue weighted by atomic mass is 10.1. The molecule has 0 spiro atoms. The zero-order valence-corrected chi connectivity index (χ0v) is 10.6. The van der Waals surface area contributed by atoms with Gasteiger partial charge in [0.1, 0.15) is 5.82 Å². The molecule has 0 saturated heterocycles. The minimum atomic E-state index is -0.289. The molecule has 0 aliphatic heterocycles. The van der Waals surface area contributed by atoms with Crippen LogP contribution in [0.15, 0.2) is 42.5 Å². The van der Waals surface area contributed by atoms with Crippen LogP contribution < -0.4 is 11.1 Å². The van der Waals surface area contributed by atoms with Gasteiger partial charge in [-0.25, -0.2) is 4.39 Å². The van der Waals surface area contributed by atoms with Crippen LogP contribution in [0.3, 0.4) is 0 Å². The molecule has 2 nitrogen and oxygen atoms in total. The number of hydrogen-bond donors (Lipinski definition) is 2. The first-order valence-electron chi connectivity index (χ1n) is 5.94. The first-order valence-corrected chi connectivity index (χ1v) is 5.94. The van der Waals surface area contributed by atoms with E-state index in [1.54, 1.807) is 6.07 Å². The number of nitrogens with two attached hydrogens (primary N) is 1. The van der Waals surface area contributed by atoms with Crippen molar-refractivity contribution in [3.05, 3.63) is 59.4 Å². The molecule has 18 heavy (non-hydrogen) atoms. The molecule has 0 fully saturated rings. The summed E-state index contributed by atoms with van der Waals surface area (Å²) in [6.45, 7) is 4.07. The van der Waals surface area contributed by atoms with Crippen molar-refractivity contribution in [2.45, 2.75) is 19.9 Å². The minimum Gasteiger partial charge on any atom is -0.397 e. The fraction of sp³-hybridized carbons (Fsp3) is 0.200. The predicted molar refractivity (Wildman–Crippen MR) is 74.0 cm³/mol. The van der Waals surface area contributed by atoms with E-state index in [9.17, 15) is 4.39 Å². The second kappa shape index (κ2) is 5.08. The number of nitrogen functional groups attached to an aromatic ring is 1. The maximum atomic E-state index is 13.2. The van der Waals surface area contributed by atoms with Crippen molar-refractivity contribution < 1.29 is 4.39 Å². The van der Waals surface area contributed by atoms with Gasteiger partial charge < -0.3 is 11.1 Å². The summed E-state index contributed by atoms with van der Waals surface area (Å²) < 4.78 is 13.2. The Morgan fingerprint density at radius 3 is 2.44 bits per heavy atom. The van der Waals surface area contributed by atoms with Crippen LogP contribution in [0.5, 0.6) is 0 Å². The molecule has 0 radical (unpaired) electrons. The summed E-state index contributed by atoms with van der Waals surface area (Å²) >= 11 is 0. The Hall–Kier alpha value is -2.03. The first kappa shape index (κ1) is 12.4. The molecule has 0 amide bonds. The minimum absolute atomic E-state index is 0.0784. The summed E-state index contributed by atoms with van der Waals surface area (Å²) in [4.78, 5) is 0. The van der Waals surface area contributed by atoms with Gasteiger partial charge in [0, 0.05) is 6.04 Å². The third-order valence-electron chi connectivity index (χ3n) is 2.96. The van der Waals surface area contributed by atoms with Crippen LogP contribution in [-0.4, -0.2) is 0 Å². The average Bonchev–Trinajstić information content (AvgIpc) is 2.34. The molecule has 3 N–H and O–H groups in total. The average molecular weight is 244 g/mol. The largest absolute Gasteiger partial charge is 0.397 e. The van der Waals surface area contributed by atoms with Crippen LogP contribution in [0.1, 0.15) is 24.1 Å². The highest BCUT2D eigenvalue weighted by Crippen LogP contribution is 2.25. The SMILES string of the molecule is Cc1ccc(C(C)Nc2cc(F)ccc2N)cc1. The Labute approximate surface area is 107 Å². The van der Waals surface area contributed by atoms with Crippen molar-refractivity contribution in [2.24, 2.45) is 0 Å². The van der Waals surface area contributed by atoms with Crippen molar-refractivity contribution in [3.8, 4) is 0 Å². The molecule has 2 rings (SSSR count). The molecule has 2 aromatic carbocycles. The van der Waals surface area contributed by atoms with Gasteiger partial charge in [-0.2, -0.15) is 0 Å². The molecule has 3 heteroatoms. The normalized spacial score (nSPS) is 12.2. The molecular weight excluding hydrogens is 227 g/mol. The third kappa shape index (κ3) is 2.80. The molecular formula is C15H17FN2. The molecule has 1 atom stereocenters. The zero-order valence-electron chi connectivity index (χ0n) is 10.6. The van der Waals surface area contributed by atoms with Gasteiger partial charge in [-0.05, 0) is 37.6 Å². The van der Waals surface area contributed by atoms with Gasteiger partial charge in [-0.15, -0.1) is 0 Å². The topological polar surface area (TPSA) is 38.0 Å². The molecule has 0 bridgehead atoms. The van der Waals surface area contributed by atoms with E-state index in [4.69, 9.17) is 5.73 Å². The first-order chi connectivity index (χ1) is 8.56. The van der Waals surface area contributed by atoms with Gasteiger partial charge >= 0.3 is 0 Å². The van der Waals surface area contributed by atoms with E-state index in [0.29, 0.717) is 11.4 Å². The monoisotopic (exact) mass is 244 g/mol. The van der Waals surface area contributed by atoms with E-state index in [1.165, 1.54) is 17.7 Å². The quantitative estimate of drug-likeness (QED) is 0.804. The van der Waals surface area contributed by atoms with Gasteiger partial charge in [0.2, 0.25) is 0 Å².